The summed E-state index contributed by atoms with van der Waals surface area (Å²) in [7, 11) is 0. The number of fused-ring (bicyclic) bond motifs is 1. The fraction of sp³-hybridized carbons (Fsp3) is 0.500. The van der Waals surface area contributed by atoms with Crippen LogP contribution in [0, 0.1) is 0 Å². The van der Waals surface area contributed by atoms with Gasteiger partial charge in [-0.25, -0.2) is 4.79 Å². The Labute approximate surface area is 136 Å². The Hall–Kier alpha value is -2.01. The summed E-state index contributed by atoms with van der Waals surface area (Å²) in [6.07, 6.45) is 3.54. The summed E-state index contributed by atoms with van der Waals surface area (Å²) in [5.41, 5.74) is 2.02. The molecule has 1 fully saturated rings. The third kappa shape index (κ3) is 4.05. The number of hydrogen-bond acceptors (Lipinski definition) is 3. The molecule has 0 bridgehead atoms. The fourth-order valence-corrected chi connectivity index (χ4v) is 2.94. The van der Waals surface area contributed by atoms with Crippen molar-refractivity contribution in [2.45, 2.75) is 57.8 Å². The Bertz CT molecular complexity index is 681. The van der Waals surface area contributed by atoms with Crippen LogP contribution in [0.2, 0.25) is 0 Å². The summed E-state index contributed by atoms with van der Waals surface area (Å²) in [5, 5.41) is 7.75. The Balaban J connectivity index is 1.43. The quantitative estimate of drug-likeness (QED) is 0.811. The molecule has 1 aromatic carbocycles. The molecular formula is C18H25N3O2. The molecule has 0 atom stereocenters. The average molecular weight is 315 g/mol. The van der Waals surface area contributed by atoms with Crippen LogP contribution in [-0.4, -0.2) is 28.8 Å². The molecule has 5 nitrogen and oxygen atoms in total. The van der Waals surface area contributed by atoms with Gasteiger partial charge >= 0.3 is 6.09 Å². The van der Waals surface area contributed by atoms with E-state index in [4.69, 9.17) is 4.74 Å². The van der Waals surface area contributed by atoms with E-state index in [0.717, 1.165) is 19.4 Å². The average Bonchev–Trinajstić information content (AvgIpc) is 2.88. The van der Waals surface area contributed by atoms with Crippen LogP contribution in [0.4, 0.5) is 4.79 Å². The Morgan fingerprint density at radius 1 is 1.26 bits per heavy atom. The molecule has 1 aliphatic carbocycles. The number of benzene rings is 1. The molecule has 1 amide bonds. The maximum absolute atomic E-state index is 11.7. The van der Waals surface area contributed by atoms with Gasteiger partial charge in [0.15, 0.2) is 0 Å². The minimum Gasteiger partial charge on any atom is -0.444 e. The predicted octanol–water partition coefficient (Wildman–Crippen LogP) is 3.31. The van der Waals surface area contributed by atoms with Gasteiger partial charge in [0.05, 0.1) is 0 Å². The van der Waals surface area contributed by atoms with Gasteiger partial charge in [-0.15, -0.1) is 0 Å². The maximum Gasteiger partial charge on any atom is 0.407 e. The Kier molecular flexibility index (Phi) is 4.31. The molecule has 0 aliphatic heterocycles. The summed E-state index contributed by atoms with van der Waals surface area (Å²) in [5.74, 6) is 0. The summed E-state index contributed by atoms with van der Waals surface area (Å²) in [6.45, 7) is 6.47. The van der Waals surface area contributed by atoms with Crippen LogP contribution < -0.4 is 10.6 Å². The Morgan fingerprint density at radius 2 is 2.04 bits per heavy atom. The molecule has 1 saturated carbocycles. The van der Waals surface area contributed by atoms with Crippen LogP contribution in [0.1, 0.15) is 39.2 Å². The molecule has 5 heteroatoms. The standard InChI is InChI=1S/C18H25N3O2/c1-18(2,3)23-17(22)21-14-9-13(10-14)20-11-12-5-4-6-16-15(12)7-8-19-16/h4-8,13-14,19-20H,9-11H2,1-3H3,(H,21,22). The van der Waals surface area contributed by atoms with Crippen molar-refractivity contribution in [1.82, 2.24) is 15.6 Å². The number of aromatic nitrogens is 1. The molecule has 2 aromatic rings. The zero-order valence-electron chi connectivity index (χ0n) is 14.0. The highest BCUT2D eigenvalue weighted by Gasteiger charge is 2.31. The van der Waals surface area contributed by atoms with Crippen LogP contribution in [-0.2, 0) is 11.3 Å². The first-order chi connectivity index (χ1) is 10.9. The van der Waals surface area contributed by atoms with E-state index in [0.29, 0.717) is 6.04 Å². The van der Waals surface area contributed by atoms with Gasteiger partial charge in [0, 0.05) is 35.7 Å². The first-order valence-corrected chi connectivity index (χ1v) is 8.18. The number of hydrogen-bond donors (Lipinski definition) is 3. The zero-order valence-corrected chi connectivity index (χ0v) is 14.0. The molecule has 1 aliphatic rings. The molecule has 0 unspecified atom stereocenters. The summed E-state index contributed by atoms with van der Waals surface area (Å²) >= 11 is 0. The largest absolute Gasteiger partial charge is 0.444 e. The third-order valence-corrected chi connectivity index (χ3v) is 4.13. The number of carbonyl (C=O) groups is 1. The maximum atomic E-state index is 11.7. The molecule has 3 rings (SSSR count). The highest BCUT2D eigenvalue weighted by molar-refractivity contribution is 5.82. The summed E-state index contributed by atoms with van der Waals surface area (Å²) in [6, 6.07) is 9.08. The van der Waals surface area contributed by atoms with Gasteiger partial charge in [0.25, 0.3) is 0 Å². The van der Waals surface area contributed by atoms with Gasteiger partial charge in [0.2, 0.25) is 0 Å². The lowest BCUT2D eigenvalue weighted by Gasteiger charge is -2.36. The molecule has 1 heterocycles. The van der Waals surface area contributed by atoms with Gasteiger partial charge in [-0.3, -0.25) is 0 Å². The van der Waals surface area contributed by atoms with Crippen LogP contribution in [0.25, 0.3) is 10.9 Å². The molecule has 124 valence electrons. The monoisotopic (exact) mass is 315 g/mol. The van der Waals surface area contributed by atoms with Crippen molar-refractivity contribution in [3.63, 3.8) is 0 Å². The van der Waals surface area contributed by atoms with E-state index in [1.54, 1.807) is 0 Å². The van der Waals surface area contributed by atoms with E-state index in [2.05, 4.69) is 39.9 Å². The van der Waals surface area contributed by atoms with Crippen molar-refractivity contribution in [1.29, 1.82) is 0 Å². The van der Waals surface area contributed by atoms with E-state index in [1.807, 2.05) is 27.0 Å². The number of aromatic amines is 1. The van der Waals surface area contributed by atoms with Crippen molar-refractivity contribution in [2.75, 3.05) is 0 Å². The van der Waals surface area contributed by atoms with E-state index >= 15 is 0 Å². The van der Waals surface area contributed by atoms with Gasteiger partial charge in [-0.1, -0.05) is 12.1 Å². The molecule has 0 saturated heterocycles. The lowest BCUT2D eigenvalue weighted by molar-refractivity contribution is 0.0465. The first kappa shape index (κ1) is 15.9. The number of rotatable bonds is 4. The van der Waals surface area contributed by atoms with Gasteiger partial charge in [-0.2, -0.15) is 0 Å². The second-order valence-corrected chi connectivity index (χ2v) is 7.25. The third-order valence-electron chi connectivity index (χ3n) is 4.13. The number of H-pyrrole nitrogens is 1. The topological polar surface area (TPSA) is 66.2 Å². The van der Waals surface area contributed by atoms with E-state index in [1.165, 1.54) is 16.5 Å². The molecule has 3 N–H and O–H groups in total. The fourth-order valence-electron chi connectivity index (χ4n) is 2.94. The van der Waals surface area contributed by atoms with Gasteiger partial charge in [0.1, 0.15) is 5.60 Å². The SMILES string of the molecule is CC(C)(C)OC(=O)NC1CC(NCc2cccc3[nH]ccc23)C1. The number of amides is 1. The van der Waals surface area contributed by atoms with Crippen molar-refractivity contribution < 1.29 is 9.53 Å². The number of nitrogens with one attached hydrogen (secondary N) is 3. The van der Waals surface area contributed by atoms with Crippen LogP contribution in [0.5, 0.6) is 0 Å². The predicted molar refractivity (Wildman–Crippen MR) is 91.3 cm³/mol. The molecule has 0 spiro atoms. The van der Waals surface area contributed by atoms with Crippen molar-refractivity contribution in [3.05, 3.63) is 36.0 Å². The lowest BCUT2D eigenvalue weighted by atomic mass is 9.86. The van der Waals surface area contributed by atoms with Crippen LogP contribution >= 0.6 is 0 Å². The minimum absolute atomic E-state index is 0.213. The molecular weight excluding hydrogens is 290 g/mol. The molecule has 23 heavy (non-hydrogen) atoms. The first-order valence-electron chi connectivity index (χ1n) is 8.18. The van der Waals surface area contributed by atoms with E-state index < -0.39 is 5.60 Å². The van der Waals surface area contributed by atoms with Crippen molar-refractivity contribution in [3.8, 4) is 0 Å². The van der Waals surface area contributed by atoms with Crippen LogP contribution in [0.15, 0.2) is 30.5 Å². The van der Waals surface area contributed by atoms with Crippen molar-refractivity contribution in [2.24, 2.45) is 0 Å². The highest BCUT2D eigenvalue weighted by Crippen LogP contribution is 2.23. The second-order valence-electron chi connectivity index (χ2n) is 7.25. The molecule has 0 radical (unpaired) electrons. The minimum atomic E-state index is -0.444. The lowest BCUT2D eigenvalue weighted by Crippen LogP contribution is -2.52. The number of alkyl carbamates (subject to hydrolysis) is 1. The van der Waals surface area contributed by atoms with Gasteiger partial charge in [-0.05, 0) is 51.3 Å². The Morgan fingerprint density at radius 3 is 2.78 bits per heavy atom. The van der Waals surface area contributed by atoms with E-state index in [9.17, 15) is 4.79 Å². The zero-order chi connectivity index (χ0) is 16.4. The molecule has 1 aromatic heterocycles. The smallest absolute Gasteiger partial charge is 0.407 e. The summed E-state index contributed by atoms with van der Waals surface area (Å²) < 4.78 is 5.27. The summed E-state index contributed by atoms with van der Waals surface area (Å²) in [4.78, 5) is 14.9. The number of carbonyl (C=O) groups excluding carboxylic acids is 1. The van der Waals surface area contributed by atoms with E-state index in [-0.39, 0.29) is 12.1 Å². The highest BCUT2D eigenvalue weighted by atomic mass is 16.6. The second kappa shape index (κ2) is 6.24. The van der Waals surface area contributed by atoms with Crippen LogP contribution in [0.3, 0.4) is 0 Å². The normalized spacial score (nSPS) is 21.0. The van der Waals surface area contributed by atoms with Gasteiger partial charge < -0.3 is 20.4 Å². The van der Waals surface area contributed by atoms with Crippen molar-refractivity contribution >= 4 is 17.0 Å². The number of ether oxygens (including phenoxy) is 1.